The number of nitrogens with zero attached hydrogens (tertiary/aromatic N) is 3. The van der Waals surface area contributed by atoms with Crippen molar-refractivity contribution in [2.45, 2.75) is 13.0 Å². The lowest BCUT2D eigenvalue weighted by Crippen LogP contribution is -2.31. The molecule has 14 heavy (non-hydrogen) atoms. The van der Waals surface area contributed by atoms with Crippen molar-refractivity contribution in [3.63, 3.8) is 0 Å². The molecule has 0 aliphatic carbocycles. The molecule has 0 fully saturated rings. The molecule has 1 atom stereocenters. The van der Waals surface area contributed by atoms with E-state index in [2.05, 4.69) is 4.98 Å². The predicted octanol–water partition coefficient (Wildman–Crippen LogP) is 0.770. The third-order valence-corrected chi connectivity index (χ3v) is 2.19. The first-order valence-corrected chi connectivity index (χ1v) is 4.39. The van der Waals surface area contributed by atoms with Gasteiger partial charge in [0.05, 0.1) is 6.61 Å². The number of aromatic nitrogens is 1. The summed E-state index contributed by atoms with van der Waals surface area (Å²) in [5, 5.41) is 17.6. The molecule has 1 heterocycles. The number of aliphatic hydroxyl groups excluding tert-OH is 1. The lowest BCUT2D eigenvalue weighted by molar-refractivity contribution is 0.270. The van der Waals surface area contributed by atoms with Crippen molar-refractivity contribution in [2.75, 3.05) is 18.6 Å². The van der Waals surface area contributed by atoms with Gasteiger partial charge in [-0.1, -0.05) is 0 Å². The minimum Gasteiger partial charge on any atom is -0.394 e. The van der Waals surface area contributed by atoms with Crippen LogP contribution in [0.1, 0.15) is 12.6 Å². The number of anilines is 1. The molecule has 1 aromatic heterocycles. The van der Waals surface area contributed by atoms with Gasteiger partial charge < -0.3 is 10.0 Å². The fraction of sp³-hybridized carbons (Fsp3) is 0.400. The Morgan fingerprint density at radius 1 is 1.71 bits per heavy atom. The molecule has 74 valence electrons. The minimum absolute atomic E-state index is 0.0314. The van der Waals surface area contributed by atoms with Gasteiger partial charge in [0, 0.05) is 25.0 Å². The molecule has 0 aromatic carbocycles. The summed E-state index contributed by atoms with van der Waals surface area (Å²) in [6.45, 7) is 1.99. The maximum absolute atomic E-state index is 8.97. The summed E-state index contributed by atoms with van der Waals surface area (Å²) in [5.41, 5.74) is 1.28. The molecule has 0 amide bonds. The molecule has 0 bridgehead atoms. The van der Waals surface area contributed by atoms with Crippen molar-refractivity contribution in [3.05, 3.63) is 24.0 Å². The van der Waals surface area contributed by atoms with E-state index in [1.165, 1.54) is 0 Å². The largest absolute Gasteiger partial charge is 0.394 e. The average molecular weight is 191 g/mol. The second-order valence-electron chi connectivity index (χ2n) is 3.15. The molecule has 1 N–H and O–H groups in total. The molecule has 0 saturated carbocycles. The Hall–Kier alpha value is -1.60. The Morgan fingerprint density at radius 2 is 2.43 bits per heavy atom. The second-order valence-corrected chi connectivity index (χ2v) is 3.15. The van der Waals surface area contributed by atoms with E-state index in [9.17, 15) is 0 Å². The van der Waals surface area contributed by atoms with Gasteiger partial charge in [0.25, 0.3) is 0 Å². The molecule has 1 rings (SSSR count). The van der Waals surface area contributed by atoms with E-state index in [0.29, 0.717) is 5.69 Å². The molecule has 0 saturated heterocycles. The van der Waals surface area contributed by atoms with Gasteiger partial charge in [-0.15, -0.1) is 0 Å². The first-order chi connectivity index (χ1) is 6.69. The van der Waals surface area contributed by atoms with Gasteiger partial charge in [0.2, 0.25) is 0 Å². The Labute approximate surface area is 83.4 Å². The van der Waals surface area contributed by atoms with Gasteiger partial charge in [-0.3, -0.25) is 0 Å². The summed E-state index contributed by atoms with van der Waals surface area (Å²) in [7, 11) is 1.87. The monoisotopic (exact) mass is 191 g/mol. The summed E-state index contributed by atoms with van der Waals surface area (Å²) >= 11 is 0. The lowest BCUT2D eigenvalue weighted by atomic mass is 10.2. The molecule has 0 aliphatic rings. The molecule has 4 nitrogen and oxygen atoms in total. The number of hydrogen-bond donors (Lipinski definition) is 1. The van der Waals surface area contributed by atoms with Crippen molar-refractivity contribution in [2.24, 2.45) is 0 Å². The zero-order valence-corrected chi connectivity index (χ0v) is 8.31. The van der Waals surface area contributed by atoms with Crippen LogP contribution in [0, 0.1) is 11.3 Å². The number of rotatable bonds is 3. The summed E-state index contributed by atoms with van der Waals surface area (Å²) in [6.07, 6.45) is 1.59. The quantitative estimate of drug-likeness (QED) is 0.766. The fourth-order valence-corrected chi connectivity index (χ4v) is 1.08. The molecular formula is C10H13N3O. The zero-order valence-electron chi connectivity index (χ0n) is 8.31. The predicted molar refractivity (Wildman–Crippen MR) is 53.9 cm³/mol. The van der Waals surface area contributed by atoms with E-state index in [1.54, 1.807) is 12.3 Å². The summed E-state index contributed by atoms with van der Waals surface area (Å²) in [5.74, 6) is 0. The number of pyridine rings is 1. The van der Waals surface area contributed by atoms with Gasteiger partial charge in [0.15, 0.2) is 0 Å². The van der Waals surface area contributed by atoms with Crippen molar-refractivity contribution in [1.29, 1.82) is 5.26 Å². The van der Waals surface area contributed by atoms with Crippen molar-refractivity contribution < 1.29 is 5.11 Å². The van der Waals surface area contributed by atoms with E-state index in [1.807, 2.05) is 31.0 Å². The first-order valence-electron chi connectivity index (χ1n) is 4.39. The summed E-state index contributed by atoms with van der Waals surface area (Å²) in [4.78, 5) is 5.78. The van der Waals surface area contributed by atoms with Crippen LogP contribution in [0.2, 0.25) is 0 Å². The molecule has 0 aliphatic heterocycles. The normalized spacial score (nSPS) is 11.9. The fourth-order valence-electron chi connectivity index (χ4n) is 1.08. The van der Waals surface area contributed by atoms with Crippen molar-refractivity contribution >= 4 is 5.69 Å². The molecule has 1 aromatic rings. The molecule has 4 heteroatoms. The highest BCUT2D eigenvalue weighted by Gasteiger charge is 2.08. The van der Waals surface area contributed by atoms with E-state index < -0.39 is 0 Å². The van der Waals surface area contributed by atoms with Crippen LogP contribution in [0.3, 0.4) is 0 Å². The SMILES string of the molecule is CC(CO)N(C)c1ccnc(C#N)c1. The van der Waals surface area contributed by atoms with Gasteiger partial charge in [-0.25, -0.2) is 4.98 Å². The Balaban J connectivity index is 2.91. The van der Waals surface area contributed by atoms with E-state index in [0.717, 1.165) is 5.69 Å². The van der Waals surface area contributed by atoms with Crippen LogP contribution in [-0.4, -0.2) is 29.8 Å². The maximum atomic E-state index is 8.97. The third-order valence-electron chi connectivity index (χ3n) is 2.19. The van der Waals surface area contributed by atoms with Crippen LogP contribution in [0.4, 0.5) is 5.69 Å². The van der Waals surface area contributed by atoms with Gasteiger partial charge in [0.1, 0.15) is 11.8 Å². The van der Waals surface area contributed by atoms with Gasteiger partial charge in [-0.2, -0.15) is 5.26 Å². The van der Waals surface area contributed by atoms with Crippen LogP contribution in [0.25, 0.3) is 0 Å². The Morgan fingerprint density at radius 3 is 3.00 bits per heavy atom. The zero-order chi connectivity index (χ0) is 10.6. The van der Waals surface area contributed by atoms with Crippen LogP contribution < -0.4 is 4.90 Å². The average Bonchev–Trinajstić information content (AvgIpc) is 2.27. The lowest BCUT2D eigenvalue weighted by Gasteiger charge is -2.25. The minimum atomic E-state index is 0.0314. The molecular weight excluding hydrogens is 178 g/mol. The van der Waals surface area contributed by atoms with Crippen LogP contribution in [0.5, 0.6) is 0 Å². The highest BCUT2D eigenvalue weighted by atomic mass is 16.3. The highest BCUT2D eigenvalue weighted by molar-refractivity contribution is 5.48. The van der Waals surface area contributed by atoms with Crippen molar-refractivity contribution in [1.82, 2.24) is 4.98 Å². The molecule has 0 radical (unpaired) electrons. The molecule has 0 spiro atoms. The number of likely N-dealkylation sites (N-methyl/N-ethyl adjacent to an activating group) is 1. The standard InChI is InChI=1S/C10H13N3O/c1-8(7-14)13(2)10-3-4-12-9(5-10)6-11/h3-5,8,14H,7H2,1-2H3. The summed E-state index contributed by atoms with van der Waals surface area (Å²) < 4.78 is 0. The van der Waals surface area contributed by atoms with Crippen LogP contribution in [-0.2, 0) is 0 Å². The van der Waals surface area contributed by atoms with E-state index >= 15 is 0 Å². The van der Waals surface area contributed by atoms with E-state index in [-0.39, 0.29) is 12.6 Å². The topological polar surface area (TPSA) is 60.1 Å². The third kappa shape index (κ3) is 2.21. The maximum Gasteiger partial charge on any atom is 0.142 e. The Bertz CT molecular complexity index is 345. The van der Waals surface area contributed by atoms with Crippen LogP contribution >= 0.6 is 0 Å². The van der Waals surface area contributed by atoms with Gasteiger partial charge >= 0.3 is 0 Å². The second kappa shape index (κ2) is 4.58. The van der Waals surface area contributed by atoms with Crippen molar-refractivity contribution in [3.8, 4) is 6.07 Å². The van der Waals surface area contributed by atoms with Crippen LogP contribution in [0.15, 0.2) is 18.3 Å². The highest BCUT2D eigenvalue weighted by Crippen LogP contribution is 2.14. The smallest absolute Gasteiger partial charge is 0.142 e. The molecule has 1 unspecified atom stereocenters. The number of nitriles is 1. The first kappa shape index (κ1) is 10.5. The Kier molecular flexibility index (Phi) is 3.43. The number of hydrogen-bond acceptors (Lipinski definition) is 4. The summed E-state index contributed by atoms with van der Waals surface area (Å²) in [6, 6.07) is 5.52. The number of aliphatic hydroxyl groups is 1. The van der Waals surface area contributed by atoms with Gasteiger partial charge in [-0.05, 0) is 19.1 Å². The van der Waals surface area contributed by atoms with E-state index in [4.69, 9.17) is 10.4 Å².